The second-order valence-corrected chi connectivity index (χ2v) is 5.20. The first-order valence-corrected chi connectivity index (χ1v) is 6.64. The Morgan fingerprint density at radius 2 is 1.88 bits per heavy atom. The summed E-state index contributed by atoms with van der Waals surface area (Å²) in [5.74, 6) is 0.0715. The quantitative estimate of drug-likeness (QED) is 0.837. The molecule has 0 saturated carbocycles. The van der Waals surface area contributed by atoms with E-state index in [1.165, 1.54) is 0 Å². The Hall–Kier alpha value is -0.150. The molecule has 0 spiro atoms. The molecule has 0 fully saturated rings. The normalized spacial score (nSPS) is 11.4. The van der Waals surface area contributed by atoms with E-state index in [4.69, 9.17) is 46.4 Å². The van der Waals surface area contributed by atoms with E-state index < -0.39 is 5.54 Å². The van der Waals surface area contributed by atoms with Gasteiger partial charge in [0.05, 0.1) is 21.1 Å². The van der Waals surface area contributed by atoms with Crippen LogP contribution in [0.5, 0.6) is 0 Å². The summed E-state index contributed by atoms with van der Waals surface area (Å²) in [6.45, 7) is 1.75. The molecule has 1 aromatic rings. The van der Waals surface area contributed by atoms with Crippen molar-refractivity contribution in [1.29, 1.82) is 0 Å². The van der Waals surface area contributed by atoms with Crippen molar-refractivity contribution >= 4 is 52.3 Å². The number of hydrogen-bond acceptors (Lipinski definition) is 1. The van der Waals surface area contributed by atoms with E-state index in [1.54, 1.807) is 25.1 Å². The second kappa shape index (κ2) is 6.14. The van der Waals surface area contributed by atoms with E-state index in [1.807, 2.05) is 0 Å². The van der Waals surface area contributed by atoms with Gasteiger partial charge in [-0.2, -0.15) is 0 Å². The summed E-state index contributed by atoms with van der Waals surface area (Å²) in [6.07, 6.45) is 0. The number of rotatable bonds is 4. The highest BCUT2D eigenvalue weighted by atomic mass is 35.5. The van der Waals surface area contributed by atoms with Gasteiger partial charge in [0.2, 0.25) is 0 Å². The number of alkyl halides is 2. The van der Waals surface area contributed by atoms with Gasteiger partial charge in [-0.05, 0) is 19.1 Å². The lowest BCUT2D eigenvalue weighted by Crippen LogP contribution is -2.49. The lowest BCUT2D eigenvalue weighted by molar-refractivity contribution is 0.0921. The zero-order chi connectivity index (χ0) is 13.1. The molecule has 1 N–H and O–H groups in total. The van der Waals surface area contributed by atoms with Crippen LogP contribution in [0.2, 0.25) is 10.0 Å². The molecule has 2 nitrogen and oxygen atoms in total. The minimum Gasteiger partial charge on any atom is -0.344 e. The fourth-order valence-electron chi connectivity index (χ4n) is 1.12. The van der Waals surface area contributed by atoms with E-state index in [-0.39, 0.29) is 22.7 Å². The van der Waals surface area contributed by atoms with Gasteiger partial charge in [0.1, 0.15) is 0 Å². The van der Waals surface area contributed by atoms with Gasteiger partial charge in [-0.25, -0.2) is 0 Å². The first-order valence-electron chi connectivity index (χ1n) is 4.82. The summed E-state index contributed by atoms with van der Waals surface area (Å²) < 4.78 is 0. The molecule has 6 heteroatoms. The number of carbonyl (C=O) groups excluding carboxylic acids is 1. The smallest absolute Gasteiger partial charge is 0.253 e. The first-order chi connectivity index (χ1) is 7.93. The summed E-state index contributed by atoms with van der Waals surface area (Å²) in [4.78, 5) is 12.0. The van der Waals surface area contributed by atoms with E-state index >= 15 is 0 Å². The van der Waals surface area contributed by atoms with Crippen molar-refractivity contribution in [2.24, 2.45) is 0 Å². The molecule has 0 aliphatic heterocycles. The van der Waals surface area contributed by atoms with Crippen molar-refractivity contribution in [2.75, 3.05) is 11.8 Å². The number of nitrogens with one attached hydrogen (secondary N) is 1. The number of halogens is 4. The Morgan fingerprint density at radius 3 is 2.41 bits per heavy atom. The van der Waals surface area contributed by atoms with Crippen molar-refractivity contribution in [3.63, 3.8) is 0 Å². The average molecular weight is 315 g/mol. The van der Waals surface area contributed by atoms with Crippen LogP contribution in [0.3, 0.4) is 0 Å². The standard InChI is InChI=1S/C11H11Cl4NO/c1-11(5-12,6-13)16-10(17)7-3-2-4-8(14)9(7)15/h2-4H,5-6H2,1H3,(H,16,17). The number of carbonyl (C=O) groups is 1. The van der Waals surface area contributed by atoms with Crippen LogP contribution in [0, 0.1) is 0 Å². The molecule has 0 aliphatic carbocycles. The first kappa shape index (κ1) is 14.9. The summed E-state index contributed by atoms with van der Waals surface area (Å²) in [5, 5.41) is 3.28. The molecule has 0 bridgehead atoms. The number of hydrogen-bond donors (Lipinski definition) is 1. The summed E-state index contributed by atoms with van der Waals surface area (Å²) in [6, 6.07) is 4.86. The minimum atomic E-state index is -0.675. The number of benzene rings is 1. The van der Waals surface area contributed by atoms with Crippen molar-refractivity contribution in [2.45, 2.75) is 12.5 Å². The maximum absolute atomic E-state index is 12.0. The maximum atomic E-state index is 12.0. The minimum absolute atomic E-state index is 0.209. The van der Waals surface area contributed by atoms with Gasteiger partial charge in [0, 0.05) is 11.8 Å². The molecule has 17 heavy (non-hydrogen) atoms. The van der Waals surface area contributed by atoms with Crippen molar-refractivity contribution in [3.05, 3.63) is 33.8 Å². The van der Waals surface area contributed by atoms with Crippen molar-refractivity contribution in [1.82, 2.24) is 5.32 Å². The molecule has 0 aromatic heterocycles. The molecule has 1 amide bonds. The Morgan fingerprint density at radius 1 is 1.29 bits per heavy atom. The predicted molar refractivity (Wildman–Crippen MR) is 73.8 cm³/mol. The molecular formula is C11H11Cl4NO. The zero-order valence-corrected chi connectivity index (χ0v) is 12.1. The largest absolute Gasteiger partial charge is 0.344 e. The molecule has 0 heterocycles. The SMILES string of the molecule is CC(CCl)(CCl)NC(=O)c1cccc(Cl)c1Cl. The Labute approximate surface area is 120 Å². The van der Waals surface area contributed by atoms with E-state index in [0.29, 0.717) is 10.6 Å². The van der Waals surface area contributed by atoms with Crippen LogP contribution in [0.15, 0.2) is 18.2 Å². The fraction of sp³-hybridized carbons (Fsp3) is 0.364. The van der Waals surface area contributed by atoms with E-state index in [2.05, 4.69) is 5.32 Å². The Balaban J connectivity index is 2.94. The van der Waals surface area contributed by atoms with Gasteiger partial charge in [-0.1, -0.05) is 29.3 Å². The molecule has 0 unspecified atom stereocenters. The molecule has 1 aromatic carbocycles. The lowest BCUT2D eigenvalue weighted by atomic mass is 10.1. The van der Waals surface area contributed by atoms with Crippen LogP contribution in [0.25, 0.3) is 0 Å². The third-order valence-electron chi connectivity index (χ3n) is 2.20. The fourth-order valence-corrected chi connectivity index (χ4v) is 1.93. The number of amides is 1. The zero-order valence-electron chi connectivity index (χ0n) is 9.07. The predicted octanol–water partition coefficient (Wildman–Crippen LogP) is 3.96. The third kappa shape index (κ3) is 3.65. The van der Waals surface area contributed by atoms with Crippen LogP contribution in [-0.2, 0) is 0 Å². The monoisotopic (exact) mass is 313 g/mol. The summed E-state index contributed by atoms with van der Waals surface area (Å²) in [7, 11) is 0. The Bertz CT molecular complexity index is 418. The summed E-state index contributed by atoms with van der Waals surface area (Å²) >= 11 is 23.3. The van der Waals surface area contributed by atoms with Gasteiger partial charge in [-0.3, -0.25) is 4.79 Å². The molecule has 0 aliphatic rings. The average Bonchev–Trinajstić information content (AvgIpc) is 2.32. The van der Waals surface area contributed by atoms with Gasteiger partial charge in [0.15, 0.2) is 0 Å². The third-order valence-corrected chi connectivity index (χ3v) is 4.20. The van der Waals surface area contributed by atoms with E-state index in [9.17, 15) is 4.79 Å². The molecular weight excluding hydrogens is 304 g/mol. The highest BCUT2D eigenvalue weighted by molar-refractivity contribution is 6.43. The van der Waals surface area contributed by atoms with Crippen LogP contribution in [-0.4, -0.2) is 23.2 Å². The van der Waals surface area contributed by atoms with Crippen molar-refractivity contribution in [3.8, 4) is 0 Å². The lowest BCUT2D eigenvalue weighted by Gasteiger charge is -2.26. The van der Waals surface area contributed by atoms with E-state index in [0.717, 1.165) is 0 Å². The van der Waals surface area contributed by atoms with Crippen LogP contribution >= 0.6 is 46.4 Å². The summed E-state index contributed by atoms with van der Waals surface area (Å²) in [5.41, 5.74) is -0.369. The van der Waals surface area contributed by atoms with Crippen molar-refractivity contribution < 1.29 is 4.79 Å². The van der Waals surface area contributed by atoms with Gasteiger partial charge >= 0.3 is 0 Å². The maximum Gasteiger partial charge on any atom is 0.253 e. The van der Waals surface area contributed by atoms with Crippen LogP contribution in [0.1, 0.15) is 17.3 Å². The second-order valence-electron chi connectivity index (χ2n) is 3.88. The molecule has 1 rings (SSSR count). The van der Waals surface area contributed by atoms with Crippen LogP contribution < -0.4 is 5.32 Å². The van der Waals surface area contributed by atoms with Crippen LogP contribution in [0.4, 0.5) is 0 Å². The highest BCUT2D eigenvalue weighted by Crippen LogP contribution is 2.26. The Kier molecular flexibility index (Phi) is 5.39. The van der Waals surface area contributed by atoms with Gasteiger partial charge < -0.3 is 5.32 Å². The topological polar surface area (TPSA) is 29.1 Å². The molecule has 0 saturated heterocycles. The molecule has 94 valence electrons. The molecule has 0 radical (unpaired) electrons. The van der Waals surface area contributed by atoms with Gasteiger partial charge in [0.25, 0.3) is 5.91 Å². The highest BCUT2D eigenvalue weighted by Gasteiger charge is 2.26. The van der Waals surface area contributed by atoms with Gasteiger partial charge in [-0.15, -0.1) is 23.2 Å². The molecule has 0 atom stereocenters.